The third-order valence-electron chi connectivity index (χ3n) is 4.19. The van der Waals surface area contributed by atoms with Crippen LogP contribution in [0.25, 0.3) is 0 Å². The van der Waals surface area contributed by atoms with Crippen LogP contribution in [0, 0.1) is 11.8 Å². The Balaban J connectivity index is 2.33. The fourth-order valence-corrected chi connectivity index (χ4v) is 2.73. The molecule has 0 aromatic rings. The zero-order chi connectivity index (χ0) is 19.2. The summed E-state index contributed by atoms with van der Waals surface area (Å²) >= 11 is 0. The third-order valence-corrected chi connectivity index (χ3v) is 4.19. The van der Waals surface area contributed by atoms with Crippen LogP contribution in [0.4, 0.5) is 0 Å². The average molecular weight is 358 g/mol. The number of aliphatic hydroxyl groups is 1. The third kappa shape index (κ3) is 9.33. The van der Waals surface area contributed by atoms with Crippen molar-refractivity contribution in [2.24, 2.45) is 11.8 Å². The first-order valence-corrected chi connectivity index (χ1v) is 9.29. The van der Waals surface area contributed by atoms with E-state index in [2.05, 4.69) is 31.2 Å². The lowest BCUT2D eigenvalue weighted by Gasteiger charge is -2.14. The number of aliphatic hydroxyl groups excluding tert-OH is 1. The molecule has 26 heavy (non-hydrogen) atoms. The fraction of sp³-hybridized carbons (Fsp3) is 0.455. The zero-order valence-corrected chi connectivity index (χ0v) is 15.5. The van der Waals surface area contributed by atoms with Crippen molar-refractivity contribution < 1.29 is 19.8 Å². The van der Waals surface area contributed by atoms with Crippen molar-refractivity contribution in [2.45, 2.75) is 51.6 Å². The van der Waals surface area contributed by atoms with Gasteiger partial charge in [-0.3, -0.25) is 9.59 Å². The number of carboxylic acids is 1. The summed E-state index contributed by atoms with van der Waals surface area (Å²) < 4.78 is 0. The second kappa shape index (κ2) is 13.1. The number of aliphatic carboxylic acids is 1. The summed E-state index contributed by atoms with van der Waals surface area (Å²) in [4.78, 5) is 22.6. The maximum absolute atomic E-state index is 11.9. The molecule has 1 rings (SSSR count). The van der Waals surface area contributed by atoms with Crippen LogP contribution in [-0.4, -0.2) is 28.1 Å². The second-order valence-corrected chi connectivity index (χ2v) is 6.37. The van der Waals surface area contributed by atoms with Crippen LogP contribution in [-0.2, 0) is 9.59 Å². The number of hydrogen-bond acceptors (Lipinski definition) is 3. The van der Waals surface area contributed by atoms with Gasteiger partial charge in [0.15, 0.2) is 5.78 Å². The van der Waals surface area contributed by atoms with Gasteiger partial charge in [-0.25, -0.2) is 0 Å². The summed E-state index contributed by atoms with van der Waals surface area (Å²) in [5.41, 5.74) is 0. The maximum atomic E-state index is 11.9. The number of rotatable bonds is 12. The number of carbonyl (C=O) groups is 2. The minimum absolute atomic E-state index is 0.0263. The van der Waals surface area contributed by atoms with Gasteiger partial charge in [0.1, 0.15) is 0 Å². The van der Waals surface area contributed by atoms with Gasteiger partial charge < -0.3 is 10.2 Å². The molecule has 0 fully saturated rings. The molecule has 1 aliphatic carbocycles. The van der Waals surface area contributed by atoms with Crippen LogP contribution >= 0.6 is 0 Å². The molecular formula is C22H30O4. The van der Waals surface area contributed by atoms with Crippen LogP contribution in [0.1, 0.15) is 45.4 Å². The van der Waals surface area contributed by atoms with Gasteiger partial charge in [-0.1, -0.05) is 61.6 Å². The number of carbonyl (C=O) groups excluding carboxylic acids is 1. The van der Waals surface area contributed by atoms with Crippen LogP contribution < -0.4 is 0 Å². The van der Waals surface area contributed by atoms with Gasteiger partial charge in [-0.2, -0.15) is 0 Å². The summed E-state index contributed by atoms with van der Waals surface area (Å²) in [5, 5.41) is 18.8. The molecule has 4 nitrogen and oxygen atoms in total. The molecule has 0 aromatic heterocycles. The SMILES string of the molecule is CC/C=C\C/C=C/C/C=C\C[C@H](O)/C=C/[C@H]1C(=O)C=C[C@@H]1CCC(=O)O. The molecule has 2 N–H and O–H groups in total. The fourth-order valence-electron chi connectivity index (χ4n) is 2.73. The molecular weight excluding hydrogens is 328 g/mol. The van der Waals surface area contributed by atoms with E-state index in [-0.39, 0.29) is 24.0 Å². The van der Waals surface area contributed by atoms with Crippen molar-refractivity contribution >= 4 is 11.8 Å². The van der Waals surface area contributed by atoms with E-state index in [1.165, 1.54) is 6.08 Å². The van der Waals surface area contributed by atoms with E-state index < -0.39 is 12.1 Å². The molecule has 0 amide bonds. The molecule has 4 heteroatoms. The van der Waals surface area contributed by atoms with Gasteiger partial charge in [-0.15, -0.1) is 0 Å². The highest BCUT2D eigenvalue weighted by molar-refractivity contribution is 5.95. The largest absolute Gasteiger partial charge is 0.481 e. The first-order chi connectivity index (χ1) is 12.5. The number of hydrogen-bond donors (Lipinski definition) is 2. The van der Waals surface area contributed by atoms with Crippen molar-refractivity contribution in [2.75, 3.05) is 0 Å². The lowest BCUT2D eigenvalue weighted by Crippen LogP contribution is -2.15. The van der Waals surface area contributed by atoms with Gasteiger partial charge in [0.25, 0.3) is 0 Å². The van der Waals surface area contributed by atoms with Crippen molar-refractivity contribution in [3.05, 3.63) is 60.8 Å². The van der Waals surface area contributed by atoms with Crippen LogP contribution in [0.5, 0.6) is 0 Å². The molecule has 0 bridgehead atoms. The summed E-state index contributed by atoms with van der Waals surface area (Å²) in [5.74, 6) is -1.33. The van der Waals surface area contributed by atoms with E-state index in [1.807, 2.05) is 12.2 Å². The highest BCUT2D eigenvalue weighted by Gasteiger charge is 2.28. The standard InChI is InChI=1S/C22H30O4/c1-2-3-4-5-6-7-8-9-10-11-19(23)14-15-20-18(12-16-21(20)24)13-17-22(25)26/h3-4,6-7,9-10,12,14-16,18-20,23H,2,5,8,11,13,17H2,1H3,(H,25,26)/b4-3-,7-6+,10-9-,15-14+/t18-,19+,20-/m1/s1. The monoisotopic (exact) mass is 358 g/mol. The Morgan fingerprint density at radius 3 is 2.46 bits per heavy atom. The molecule has 3 atom stereocenters. The Kier molecular flexibility index (Phi) is 11.0. The quantitative estimate of drug-likeness (QED) is 0.507. The van der Waals surface area contributed by atoms with Gasteiger partial charge in [0, 0.05) is 12.3 Å². The van der Waals surface area contributed by atoms with Gasteiger partial charge in [0.05, 0.1) is 6.10 Å². The normalized spacial score (nSPS) is 21.8. The molecule has 0 spiro atoms. The number of carboxylic acid groups (broad SMARTS) is 1. The van der Waals surface area contributed by atoms with Crippen molar-refractivity contribution in [3.8, 4) is 0 Å². The topological polar surface area (TPSA) is 74.6 Å². The van der Waals surface area contributed by atoms with E-state index in [0.717, 1.165) is 19.3 Å². The van der Waals surface area contributed by atoms with Crippen molar-refractivity contribution in [1.29, 1.82) is 0 Å². The Bertz CT molecular complexity index is 581. The van der Waals surface area contributed by atoms with E-state index in [0.29, 0.717) is 12.8 Å². The van der Waals surface area contributed by atoms with Crippen LogP contribution in [0.2, 0.25) is 0 Å². The molecule has 1 aliphatic rings. The summed E-state index contributed by atoms with van der Waals surface area (Å²) in [6.45, 7) is 2.11. The Labute approximate surface area is 156 Å². The van der Waals surface area contributed by atoms with Gasteiger partial charge in [-0.05, 0) is 44.1 Å². The minimum Gasteiger partial charge on any atom is -0.481 e. The van der Waals surface area contributed by atoms with Crippen LogP contribution in [0.3, 0.4) is 0 Å². The smallest absolute Gasteiger partial charge is 0.303 e. The molecule has 0 heterocycles. The first-order valence-electron chi connectivity index (χ1n) is 9.29. The predicted molar refractivity (Wildman–Crippen MR) is 105 cm³/mol. The molecule has 0 aromatic carbocycles. The van der Waals surface area contributed by atoms with E-state index >= 15 is 0 Å². The molecule has 142 valence electrons. The van der Waals surface area contributed by atoms with Gasteiger partial charge in [0.2, 0.25) is 0 Å². The lowest BCUT2D eigenvalue weighted by molar-refractivity contribution is -0.137. The first kappa shape index (κ1) is 21.8. The second-order valence-electron chi connectivity index (χ2n) is 6.37. The summed E-state index contributed by atoms with van der Waals surface area (Å²) in [6.07, 6.45) is 22.2. The highest BCUT2D eigenvalue weighted by Crippen LogP contribution is 2.28. The Hall–Kier alpha value is -2.20. The Morgan fingerprint density at radius 2 is 1.81 bits per heavy atom. The minimum atomic E-state index is -0.860. The molecule has 0 aliphatic heterocycles. The lowest BCUT2D eigenvalue weighted by atomic mass is 9.90. The van der Waals surface area contributed by atoms with E-state index in [1.54, 1.807) is 18.2 Å². The van der Waals surface area contributed by atoms with E-state index in [9.17, 15) is 14.7 Å². The average Bonchev–Trinajstić information content (AvgIpc) is 2.96. The van der Waals surface area contributed by atoms with Crippen molar-refractivity contribution in [3.63, 3.8) is 0 Å². The van der Waals surface area contributed by atoms with Crippen LogP contribution in [0.15, 0.2) is 60.8 Å². The molecule has 0 saturated heterocycles. The van der Waals surface area contributed by atoms with Crippen molar-refractivity contribution in [1.82, 2.24) is 0 Å². The Morgan fingerprint density at radius 1 is 1.15 bits per heavy atom. The molecule has 0 unspecified atom stereocenters. The summed E-state index contributed by atoms with van der Waals surface area (Å²) in [7, 11) is 0. The predicted octanol–water partition coefficient (Wildman–Crippen LogP) is 4.39. The maximum Gasteiger partial charge on any atom is 0.303 e. The summed E-state index contributed by atoms with van der Waals surface area (Å²) in [6, 6.07) is 0. The zero-order valence-electron chi connectivity index (χ0n) is 15.5. The number of allylic oxidation sites excluding steroid dienone is 8. The van der Waals surface area contributed by atoms with E-state index in [4.69, 9.17) is 5.11 Å². The highest BCUT2D eigenvalue weighted by atomic mass is 16.4. The number of ketones is 1. The van der Waals surface area contributed by atoms with Gasteiger partial charge >= 0.3 is 5.97 Å². The molecule has 0 radical (unpaired) electrons. The molecule has 0 saturated carbocycles.